The molecule has 0 bridgehead atoms. The number of rotatable bonds is 7. The molecule has 0 N–H and O–H groups in total. The molecule has 0 aromatic carbocycles. The van der Waals surface area contributed by atoms with E-state index < -0.39 is 0 Å². The Kier molecular flexibility index (Phi) is 6.03. The second-order valence-corrected chi connectivity index (χ2v) is 4.93. The molecule has 0 saturated carbocycles. The molecule has 0 spiro atoms. The number of hydrogen-bond acceptors (Lipinski definition) is 2. The van der Waals surface area contributed by atoms with Gasteiger partial charge in [0, 0.05) is 19.8 Å². The first-order valence-electron chi connectivity index (χ1n) is 6.84. The number of unbranched alkanes of at least 4 members (excludes halogenated alkanes) is 2. The van der Waals surface area contributed by atoms with Crippen LogP contribution in [-0.2, 0) is 12.8 Å². The van der Waals surface area contributed by atoms with Gasteiger partial charge in [0.25, 0.3) is 0 Å². The van der Waals surface area contributed by atoms with E-state index in [4.69, 9.17) is 4.98 Å². The van der Waals surface area contributed by atoms with Crippen LogP contribution in [0.2, 0.25) is 0 Å². The van der Waals surface area contributed by atoms with E-state index >= 15 is 0 Å². The average Bonchev–Trinajstić information content (AvgIpc) is 2.33. The zero-order valence-electron chi connectivity index (χ0n) is 11.8. The maximum Gasteiger partial charge on any atom is 0.128 e. The molecule has 0 fully saturated rings. The first kappa shape index (κ1) is 14.0. The van der Waals surface area contributed by atoms with Crippen LogP contribution in [0.25, 0.3) is 0 Å². The maximum atomic E-state index is 4.70. The number of hydrogen-bond donors (Lipinski definition) is 0. The number of nitrogens with zero attached hydrogens (tertiary/aromatic N) is 2. The Morgan fingerprint density at radius 2 is 1.65 bits per heavy atom. The third kappa shape index (κ3) is 4.76. The van der Waals surface area contributed by atoms with Gasteiger partial charge in [-0.25, -0.2) is 4.98 Å². The topological polar surface area (TPSA) is 16.1 Å². The molecule has 1 aromatic heterocycles. The molecule has 1 heterocycles. The summed E-state index contributed by atoms with van der Waals surface area (Å²) in [5, 5.41) is 0. The summed E-state index contributed by atoms with van der Waals surface area (Å²) in [6.07, 6.45) is 7.28. The van der Waals surface area contributed by atoms with Gasteiger partial charge in [-0.3, -0.25) is 0 Å². The van der Waals surface area contributed by atoms with Crippen LogP contribution in [0.4, 0.5) is 5.82 Å². The van der Waals surface area contributed by atoms with E-state index in [1.807, 2.05) is 0 Å². The van der Waals surface area contributed by atoms with Gasteiger partial charge in [0.05, 0.1) is 0 Å². The monoisotopic (exact) mass is 234 g/mol. The molecule has 1 aromatic rings. The number of aromatic nitrogens is 1. The van der Waals surface area contributed by atoms with Crippen molar-refractivity contribution >= 4 is 5.82 Å². The van der Waals surface area contributed by atoms with Gasteiger partial charge in [0.1, 0.15) is 5.82 Å². The summed E-state index contributed by atoms with van der Waals surface area (Å²) >= 11 is 0. The van der Waals surface area contributed by atoms with Crippen LogP contribution in [-0.4, -0.2) is 19.1 Å². The van der Waals surface area contributed by atoms with Crippen LogP contribution < -0.4 is 4.90 Å². The molecule has 0 radical (unpaired) electrons. The molecule has 0 unspecified atom stereocenters. The highest BCUT2D eigenvalue weighted by Gasteiger charge is 2.04. The minimum Gasteiger partial charge on any atom is -0.363 e. The largest absolute Gasteiger partial charge is 0.363 e. The molecule has 2 nitrogen and oxygen atoms in total. The predicted molar refractivity (Wildman–Crippen MR) is 75.8 cm³/mol. The van der Waals surface area contributed by atoms with E-state index in [0.717, 1.165) is 12.2 Å². The summed E-state index contributed by atoms with van der Waals surface area (Å²) in [5.41, 5.74) is 2.70. The SMILES string of the molecule is CCCCc1cc(CCCC)nc(N(C)C)c1. The summed E-state index contributed by atoms with van der Waals surface area (Å²) in [7, 11) is 4.13. The molecule has 0 saturated heterocycles. The predicted octanol–water partition coefficient (Wildman–Crippen LogP) is 3.83. The maximum absolute atomic E-state index is 4.70. The minimum absolute atomic E-state index is 1.10. The van der Waals surface area contributed by atoms with Crippen molar-refractivity contribution in [3.05, 3.63) is 23.4 Å². The Hall–Kier alpha value is -1.05. The smallest absolute Gasteiger partial charge is 0.128 e. The number of pyridine rings is 1. The van der Waals surface area contributed by atoms with Gasteiger partial charge in [0.15, 0.2) is 0 Å². The quantitative estimate of drug-likeness (QED) is 0.712. The Labute approximate surface area is 106 Å². The number of aryl methyl sites for hydroxylation is 2. The van der Waals surface area contributed by atoms with Crippen LogP contribution >= 0.6 is 0 Å². The lowest BCUT2D eigenvalue weighted by Gasteiger charge is -2.15. The van der Waals surface area contributed by atoms with Crippen molar-refractivity contribution in [2.45, 2.75) is 52.4 Å². The lowest BCUT2D eigenvalue weighted by molar-refractivity contribution is 0.763. The first-order chi connectivity index (χ1) is 8.17. The van der Waals surface area contributed by atoms with E-state index in [1.54, 1.807) is 0 Å². The van der Waals surface area contributed by atoms with Crippen LogP contribution in [0.15, 0.2) is 12.1 Å². The Morgan fingerprint density at radius 1 is 1.00 bits per heavy atom. The molecule has 0 aliphatic rings. The molecule has 0 aliphatic carbocycles. The Morgan fingerprint density at radius 3 is 2.24 bits per heavy atom. The van der Waals surface area contributed by atoms with Crippen molar-refractivity contribution < 1.29 is 0 Å². The first-order valence-corrected chi connectivity index (χ1v) is 6.84. The van der Waals surface area contributed by atoms with Crippen LogP contribution in [0.3, 0.4) is 0 Å². The Bertz CT molecular complexity index is 305. The molecule has 0 atom stereocenters. The minimum atomic E-state index is 1.10. The van der Waals surface area contributed by atoms with Gasteiger partial charge in [-0.2, -0.15) is 0 Å². The van der Waals surface area contributed by atoms with Gasteiger partial charge < -0.3 is 4.90 Å². The third-order valence-electron chi connectivity index (χ3n) is 2.99. The second kappa shape index (κ2) is 7.31. The van der Waals surface area contributed by atoms with Gasteiger partial charge in [-0.1, -0.05) is 26.7 Å². The lowest BCUT2D eigenvalue weighted by atomic mass is 10.1. The van der Waals surface area contributed by atoms with Crippen molar-refractivity contribution in [2.75, 3.05) is 19.0 Å². The molecule has 0 amide bonds. The van der Waals surface area contributed by atoms with E-state index in [1.165, 1.54) is 43.4 Å². The van der Waals surface area contributed by atoms with Gasteiger partial charge in [-0.15, -0.1) is 0 Å². The highest BCUT2D eigenvalue weighted by atomic mass is 15.1. The van der Waals surface area contributed by atoms with E-state index in [9.17, 15) is 0 Å². The van der Waals surface area contributed by atoms with Crippen LogP contribution in [0, 0.1) is 0 Å². The van der Waals surface area contributed by atoms with Gasteiger partial charge in [-0.05, 0) is 43.4 Å². The Balaban J connectivity index is 2.84. The van der Waals surface area contributed by atoms with Crippen LogP contribution in [0.5, 0.6) is 0 Å². The fourth-order valence-electron chi connectivity index (χ4n) is 1.87. The summed E-state index contributed by atoms with van der Waals surface area (Å²) in [6, 6.07) is 4.52. The van der Waals surface area contributed by atoms with Gasteiger partial charge >= 0.3 is 0 Å². The molecular weight excluding hydrogens is 208 g/mol. The zero-order valence-corrected chi connectivity index (χ0v) is 11.8. The van der Waals surface area contributed by atoms with Crippen molar-refractivity contribution in [2.24, 2.45) is 0 Å². The molecule has 2 heteroatoms. The summed E-state index contributed by atoms with van der Waals surface area (Å²) in [5.74, 6) is 1.10. The second-order valence-electron chi connectivity index (χ2n) is 4.93. The third-order valence-corrected chi connectivity index (χ3v) is 2.99. The fourth-order valence-corrected chi connectivity index (χ4v) is 1.87. The van der Waals surface area contributed by atoms with Crippen LogP contribution in [0.1, 0.15) is 50.8 Å². The summed E-state index contributed by atoms with van der Waals surface area (Å²) < 4.78 is 0. The van der Waals surface area contributed by atoms with E-state index in [-0.39, 0.29) is 0 Å². The number of anilines is 1. The van der Waals surface area contributed by atoms with Gasteiger partial charge in [0.2, 0.25) is 0 Å². The lowest BCUT2D eigenvalue weighted by Crippen LogP contribution is -2.12. The normalized spacial score (nSPS) is 10.6. The molecule has 0 aliphatic heterocycles. The standard InChI is InChI=1S/C15H26N2/c1-5-7-9-13-11-14(10-8-6-2)16-15(12-13)17(3)4/h11-12H,5-10H2,1-4H3. The summed E-state index contributed by atoms with van der Waals surface area (Å²) in [6.45, 7) is 4.47. The van der Waals surface area contributed by atoms with Crippen molar-refractivity contribution in [3.63, 3.8) is 0 Å². The molecular formula is C15H26N2. The van der Waals surface area contributed by atoms with E-state index in [2.05, 4.69) is 45.0 Å². The average molecular weight is 234 g/mol. The van der Waals surface area contributed by atoms with Crippen molar-refractivity contribution in [3.8, 4) is 0 Å². The molecule has 1 rings (SSSR count). The highest BCUT2D eigenvalue weighted by Crippen LogP contribution is 2.16. The highest BCUT2D eigenvalue weighted by molar-refractivity contribution is 5.41. The fraction of sp³-hybridized carbons (Fsp3) is 0.667. The van der Waals surface area contributed by atoms with Crippen molar-refractivity contribution in [1.82, 2.24) is 4.98 Å². The van der Waals surface area contributed by atoms with E-state index in [0.29, 0.717) is 0 Å². The molecule has 17 heavy (non-hydrogen) atoms. The molecule has 96 valence electrons. The zero-order chi connectivity index (χ0) is 12.7. The summed E-state index contributed by atoms with van der Waals surface area (Å²) in [4.78, 5) is 6.81. The van der Waals surface area contributed by atoms with Crippen molar-refractivity contribution in [1.29, 1.82) is 0 Å².